The number of phenolic OH excluding ortho intramolecular Hbond substituents is 2. The van der Waals surface area contributed by atoms with Crippen LogP contribution < -0.4 is 0 Å². The standard InChI is InChI=1S/2C15H22NO.C14H12.BrH.Mn/c2*1-14(2,3)11-7-10(9-16)13(17)12(8-11)15(4,5)6;1-3-7-13(8-4-1)11-12-14-9-5-2-6-10-14;;/h2*7-9,17H,1-6H3;1-12H;1H;/q2*-1;-2;;. The van der Waals surface area contributed by atoms with Gasteiger partial charge in [0.15, 0.2) is 0 Å². The third kappa shape index (κ3) is 14.1. The minimum absolute atomic E-state index is 0. The van der Waals surface area contributed by atoms with Crippen LogP contribution in [0.3, 0.4) is 0 Å². The van der Waals surface area contributed by atoms with Crippen molar-refractivity contribution < 1.29 is 27.3 Å². The molecule has 0 aliphatic heterocycles. The van der Waals surface area contributed by atoms with Crippen molar-refractivity contribution in [3.05, 3.63) is 153 Å². The van der Waals surface area contributed by atoms with Crippen LogP contribution in [0.1, 0.15) is 128 Å². The van der Waals surface area contributed by atoms with E-state index in [4.69, 9.17) is 0 Å². The molecule has 0 aromatic heterocycles. The molecule has 2 N–H and O–H groups in total. The van der Waals surface area contributed by atoms with Crippen LogP contribution in [0.25, 0.3) is 10.8 Å². The number of halogens is 1. The zero-order valence-corrected chi connectivity index (χ0v) is 34.9. The summed E-state index contributed by atoms with van der Waals surface area (Å²) in [6, 6.07) is 28.4. The third-order valence-corrected chi connectivity index (χ3v) is 7.97. The Balaban J connectivity index is 0.000000709. The Morgan fingerprint density at radius 3 is 0.980 bits per heavy atom. The van der Waals surface area contributed by atoms with Crippen LogP contribution >= 0.6 is 17.0 Å². The van der Waals surface area contributed by atoms with E-state index in [9.17, 15) is 21.0 Å². The Hall–Kier alpha value is -3.44. The van der Waals surface area contributed by atoms with Crippen molar-refractivity contribution in [2.75, 3.05) is 0 Å². The molecule has 0 saturated heterocycles. The van der Waals surface area contributed by atoms with Gasteiger partial charge in [-0.15, -0.1) is 41.2 Å². The Morgan fingerprint density at radius 1 is 0.480 bits per heavy atom. The van der Waals surface area contributed by atoms with E-state index in [2.05, 4.69) is 120 Å². The summed E-state index contributed by atoms with van der Waals surface area (Å²) in [7, 11) is 0. The smallest absolute Gasteiger partial charge is 0.124 e. The first kappa shape index (κ1) is 46.6. The minimum Gasteiger partial charge on any atom is -0.810 e. The maximum atomic E-state index is 10.1. The van der Waals surface area contributed by atoms with Gasteiger partial charge in [0.2, 0.25) is 0 Å². The number of rotatable bonds is 5. The van der Waals surface area contributed by atoms with Crippen molar-refractivity contribution in [1.82, 2.24) is 0 Å². The molecule has 0 aliphatic carbocycles. The number of benzene rings is 4. The first-order chi connectivity index (χ1) is 22.1. The molecule has 0 amide bonds. The molecule has 4 aromatic carbocycles. The largest absolute Gasteiger partial charge is 0.810 e. The van der Waals surface area contributed by atoms with Crippen molar-refractivity contribution in [1.29, 1.82) is 0 Å². The summed E-state index contributed by atoms with van der Waals surface area (Å²) in [5.41, 5.74) is 7.08. The molecule has 4 aromatic rings. The molecular weight excluding hydrogens is 723 g/mol. The summed E-state index contributed by atoms with van der Waals surface area (Å²) in [6.07, 6.45) is 6.18. The van der Waals surface area contributed by atoms with Gasteiger partial charge >= 0.3 is 0 Å². The average molecular weight is 781 g/mol. The van der Waals surface area contributed by atoms with E-state index in [-0.39, 0.29) is 67.2 Å². The van der Waals surface area contributed by atoms with Gasteiger partial charge in [0.25, 0.3) is 0 Å². The number of aromatic hydroxyl groups is 2. The quantitative estimate of drug-likeness (QED) is 0.120. The minimum atomic E-state index is -0.150. The molecule has 4 nitrogen and oxygen atoms in total. The molecule has 0 atom stereocenters. The van der Waals surface area contributed by atoms with E-state index in [1.807, 2.05) is 60.7 Å². The van der Waals surface area contributed by atoms with Gasteiger partial charge in [-0.3, -0.25) is 0 Å². The van der Waals surface area contributed by atoms with Crippen LogP contribution in [-0.2, 0) is 38.7 Å². The van der Waals surface area contributed by atoms with Gasteiger partial charge in [0, 0.05) is 28.2 Å². The number of phenols is 2. The average Bonchev–Trinajstić information content (AvgIpc) is 2.99. The molecular formula is C44H57BrMnN2O2-4. The molecule has 0 heterocycles. The van der Waals surface area contributed by atoms with Crippen molar-refractivity contribution in [3.63, 3.8) is 0 Å². The fourth-order valence-electron chi connectivity index (χ4n) is 4.84. The number of nitrogens with zero attached hydrogens (tertiary/aromatic N) is 2. The van der Waals surface area contributed by atoms with Crippen molar-refractivity contribution in [3.8, 4) is 11.5 Å². The van der Waals surface area contributed by atoms with Gasteiger partial charge in [0.05, 0.1) is 0 Å². The zero-order valence-electron chi connectivity index (χ0n) is 32.0. The molecule has 0 unspecified atom stereocenters. The van der Waals surface area contributed by atoms with E-state index >= 15 is 0 Å². The number of hydrogen-bond donors (Lipinski definition) is 2. The van der Waals surface area contributed by atoms with E-state index < -0.39 is 0 Å². The van der Waals surface area contributed by atoms with Gasteiger partial charge in [-0.2, -0.15) is 36.7 Å². The van der Waals surface area contributed by atoms with Crippen LogP contribution in [0.4, 0.5) is 0 Å². The summed E-state index contributed by atoms with van der Waals surface area (Å²) in [5, 5.41) is 38.7. The first-order valence-corrected chi connectivity index (χ1v) is 16.6. The van der Waals surface area contributed by atoms with E-state index in [0.717, 1.165) is 34.7 Å². The fourth-order valence-corrected chi connectivity index (χ4v) is 4.84. The normalized spacial score (nSPS) is 11.2. The number of hydrogen-bond acceptors (Lipinski definition) is 2. The van der Waals surface area contributed by atoms with Gasteiger partial charge < -0.3 is 21.0 Å². The molecule has 0 saturated carbocycles. The predicted molar refractivity (Wildman–Crippen MR) is 218 cm³/mol. The molecule has 4 rings (SSSR count). The van der Waals surface area contributed by atoms with Crippen molar-refractivity contribution >= 4 is 29.4 Å². The monoisotopic (exact) mass is 779 g/mol. The first-order valence-electron chi connectivity index (χ1n) is 16.6. The van der Waals surface area contributed by atoms with Crippen LogP contribution in [0.5, 0.6) is 11.5 Å². The van der Waals surface area contributed by atoms with Gasteiger partial charge in [0.1, 0.15) is 11.5 Å². The predicted octanol–water partition coefficient (Wildman–Crippen LogP) is 12.0. The fraction of sp³-hybridized carbons (Fsp3) is 0.364. The van der Waals surface area contributed by atoms with E-state index in [0.29, 0.717) is 11.1 Å². The topological polar surface area (TPSA) is 85.1 Å². The Bertz CT molecular complexity index is 1520. The maximum Gasteiger partial charge on any atom is 0.124 e. The molecule has 0 bridgehead atoms. The van der Waals surface area contributed by atoms with E-state index in [1.54, 1.807) is 0 Å². The second kappa shape index (κ2) is 19.2. The molecule has 0 fully saturated rings. The zero-order chi connectivity index (χ0) is 36.5. The van der Waals surface area contributed by atoms with Crippen LogP contribution in [0, 0.1) is 12.8 Å². The Labute approximate surface area is 324 Å². The Kier molecular flexibility index (Phi) is 17.9. The van der Waals surface area contributed by atoms with E-state index in [1.165, 1.54) is 11.1 Å². The Morgan fingerprint density at radius 2 is 0.760 bits per heavy atom. The summed E-state index contributed by atoms with van der Waals surface area (Å²) < 4.78 is 0. The van der Waals surface area contributed by atoms with Crippen LogP contribution in [-0.4, -0.2) is 22.6 Å². The molecule has 6 heteroatoms. The molecule has 273 valence electrons. The van der Waals surface area contributed by atoms with Crippen LogP contribution in [0.15, 0.2) is 84.9 Å². The molecule has 0 aliphatic rings. The second-order valence-corrected chi connectivity index (χ2v) is 16.3. The second-order valence-electron chi connectivity index (χ2n) is 16.3. The third-order valence-electron chi connectivity index (χ3n) is 7.97. The van der Waals surface area contributed by atoms with Crippen LogP contribution in [0.2, 0.25) is 0 Å². The van der Waals surface area contributed by atoms with Gasteiger partial charge in [-0.1, -0.05) is 107 Å². The molecule has 50 heavy (non-hydrogen) atoms. The summed E-state index contributed by atoms with van der Waals surface area (Å²) >= 11 is 0. The van der Waals surface area contributed by atoms with Gasteiger partial charge in [-0.05, 0) is 56.0 Å². The summed E-state index contributed by atoms with van der Waals surface area (Å²) in [4.78, 5) is 0. The SMILES string of the molecule is Br.CC(C)(C)c1cc(C=[N-])c(O)c(C(C)(C)C)c1.CC(C)(C)c1cc(C=[N-])c(O)c(C(C)(C)C)c1.[Mn].c1ccc([CH-][CH-]c2ccccc2)cc1. The molecule has 1 radical (unpaired) electrons. The summed E-state index contributed by atoms with van der Waals surface area (Å²) in [6.45, 7) is 25.0. The molecule has 0 spiro atoms. The maximum absolute atomic E-state index is 10.1. The summed E-state index contributed by atoms with van der Waals surface area (Å²) in [5.74, 6) is 0.348. The van der Waals surface area contributed by atoms with Crippen molar-refractivity contribution in [2.24, 2.45) is 0 Å². The van der Waals surface area contributed by atoms with Gasteiger partial charge in [-0.25, -0.2) is 24.0 Å². The van der Waals surface area contributed by atoms with Crippen molar-refractivity contribution in [2.45, 2.75) is 105 Å².